The van der Waals surface area contributed by atoms with Gasteiger partial charge in [0.1, 0.15) is 18.2 Å². The van der Waals surface area contributed by atoms with E-state index in [4.69, 9.17) is 10.00 Å². The Morgan fingerprint density at radius 3 is 2.48 bits per heavy atom. The fraction of sp³-hybridized carbons (Fsp3) is 0.0952. The van der Waals surface area contributed by atoms with Crippen molar-refractivity contribution in [3.05, 3.63) is 71.8 Å². The van der Waals surface area contributed by atoms with Gasteiger partial charge in [-0.15, -0.1) is 10.2 Å². The predicted octanol–water partition coefficient (Wildman–Crippen LogP) is 4.39. The number of methoxy groups -OCH3 is 1. The number of pyridine rings is 1. The number of halogens is 1. The molecule has 27 heavy (non-hydrogen) atoms. The SMILES string of the molecule is COc1cc(-c2ccc(C#N)c(F)c2)c(-c2ccc(C)cc2)n2cnnc12. The molecule has 0 aliphatic carbocycles. The summed E-state index contributed by atoms with van der Waals surface area (Å²) < 4.78 is 21.6. The van der Waals surface area contributed by atoms with E-state index in [2.05, 4.69) is 10.2 Å². The molecule has 0 N–H and O–H groups in total. The second-order valence-corrected chi connectivity index (χ2v) is 6.17. The van der Waals surface area contributed by atoms with E-state index in [0.29, 0.717) is 17.0 Å². The molecule has 0 aliphatic heterocycles. The molecule has 0 radical (unpaired) electrons. The van der Waals surface area contributed by atoms with Gasteiger partial charge >= 0.3 is 0 Å². The van der Waals surface area contributed by atoms with Crippen LogP contribution in [0.1, 0.15) is 11.1 Å². The van der Waals surface area contributed by atoms with Gasteiger partial charge in [0, 0.05) is 5.56 Å². The van der Waals surface area contributed by atoms with Crippen LogP contribution in [0, 0.1) is 24.1 Å². The number of benzene rings is 2. The minimum absolute atomic E-state index is 0.00739. The maximum absolute atomic E-state index is 14.3. The molecule has 4 rings (SSSR count). The summed E-state index contributed by atoms with van der Waals surface area (Å²) in [7, 11) is 1.55. The molecule has 132 valence electrons. The van der Waals surface area contributed by atoms with Gasteiger partial charge in [0.15, 0.2) is 5.75 Å². The standard InChI is InChI=1S/C21H15FN4O/c1-13-3-5-14(6-4-13)20-17(15-7-8-16(11-23)18(22)9-15)10-19(27-2)21-25-24-12-26(20)21/h3-10,12H,1-2H3. The van der Waals surface area contributed by atoms with E-state index in [1.54, 1.807) is 19.5 Å². The molecule has 0 bridgehead atoms. The van der Waals surface area contributed by atoms with Crippen molar-refractivity contribution in [1.82, 2.24) is 14.6 Å². The van der Waals surface area contributed by atoms with Crippen LogP contribution in [0.3, 0.4) is 0 Å². The van der Waals surface area contributed by atoms with E-state index >= 15 is 0 Å². The van der Waals surface area contributed by atoms with Gasteiger partial charge in [-0.25, -0.2) is 4.39 Å². The zero-order valence-corrected chi connectivity index (χ0v) is 14.8. The van der Waals surface area contributed by atoms with Gasteiger partial charge in [-0.3, -0.25) is 4.40 Å². The highest BCUT2D eigenvalue weighted by atomic mass is 19.1. The lowest BCUT2D eigenvalue weighted by Gasteiger charge is -2.15. The minimum Gasteiger partial charge on any atom is -0.493 e. The molecule has 0 unspecified atom stereocenters. The van der Waals surface area contributed by atoms with Crippen LogP contribution in [0.15, 0.2) is 54.9 Å². The third kappa shape index (κ3) is 2.79. The highest BCUT2D eigenvalue weighted by molar-refractivity contribution is 5.85. The number of nitrogens with zero attached hydrogens (tertiary/aromatic N) is 4. The third-order valence-electron chi connectivity index (χ3n) is 4.49. The number of ether oxygens (including phenoxy) is 1. The second-order valence-electron chi connectivity index (χ2n) is 6.17. The number of nitriles is 1. The first-order valence-electron chi connectivity index (χ1n) is 8.30. The molecule has 2 heterocycles. The Morgan fingerprint density at radius 2 is 1.81 bits per heavy atom. The smallest absolute Gasteiger partial charge is 0.203 e. The Hall–Kier alpha value is -3.72. The third-order valence-corrected chi connectivity index (χ3v) is 4.49. The summed E-state index contributed by atoms with van der Waals surface area (Å²) in [6.45, 7) is 2.02. The highest BCUT2D eigenvalue weighted by Crippen LogP contribution is 2.37. The van der Waals surface area contributed by atoms with Gasteiger partial charge in [-0.1, -0.05) is 35.9 Å². The number of fused-ring (bicyclic) bond motifs is 1. The average Bonchev–Trinajstić information content (AvgIpc) is 3.17. The topological polar surface area (TPSA) is 63.2 Å². The zero-order chi connectivity index (χ0) is 19.0. The fourth-order valence-electron chi connectivity index (χ4n) is 3.11. The normalized spacial score (nSPS) is 10.7. The van der Waals surface area contributed by atoms with Crippen molar-refractivity contribution < 1.29 is 9.13 Å². The van der Waals surface area contributed by atoms with Crippen molar-refractivity contribution in [3.63, 3.8) is 0 Å². The lowest BCUT2D eigenvalue weighted by Crippen LogP contribution is -1.99. The van der Waals surface area contributed by atoms with Gasteiger partial charge in [0.2, 0.25) is 5.65 Å². The summed E-state index contributed by atoms with van der Waals surface area (Å²) in [5, 5.41) is 17.2. The first-order chi connectivity index (χ1) is 13.1. The summed E-state index contributed by atoms with van der Waals surface area (Å²) >= 11 is 0. The quantitative estimate of drug-likeness (QED) is 0.545. The van der Waals surface area contributed by atoms with Crippen molar-refractivity contribution >= 4 is 5.65 Å². The first kappa shape index (κ1) is 16.7. The monoisotopic (exact) mass is 358 g/mol. The number of aromatic nitrogens is 3. The first-order valence-corrected chi connectivity index (χ1v) is 8.30. The van der Waals surface area contributed by atoms with Crippen molar-refractivity contribution in [2.24, 2.45) is 0 Å². The van der Waals surface area contributed by atoms with Crippen LogP contribution in [0.5, 0.6) is 5.75 Å². The molecule has 0 aliphatic rings. The molecular formula is C21H15FN4O. The molecule has 0 spiro atoms. The van der Waals surface area contributed by atoms with Gasteiger partial charge in [0.05, 0.1) is 18.4 Å². The van der Waals surface area contributed by atoms with Crippen LogP contribution in [-0.4, -0.2) is 21.7 Å². The van der Waals surface area contributed by atoms with Crippen LogP contribution in [-0.2, 0) is 0 Å². The maximum atomic E-state index is 14.3. The number of hydrogen-bond donors (Lipinski definition) is 0. The van der Waals surface area contributed by atoms with Crippen molar-refractivity contribution in [1.29, 1.82) is 5.26 Å². The number of aryl methyl sites for hydroxylation is 1. The average molecular weight is 358 g/mol. The summed E-state index contributed by atoms with van der Waals surface area (Å²) in [6.07, 6.45) is 1.61. The van der Waals surface area contributed by atoms with Crippen LogP contribution in [0.25, 0.3) is 28.0 Å². The van der Waals surface area contributed by atoms with Crippen LogP contribution in [0.2, 0.25) is 0 Å². The van der Waals surface area contributed by atoms with E-state index in [1.165, 1.54) is 12.1 Å². The molecule has 4 aromatic rings. The molecule has 0 fully saturated rings. The molecule has 0 amide bonds. The molecule has 2 aromatic heterocycles. The maximum Gasteiger partial charge on any atom is 0.203 e. The van der Waals surface area contributed by atoms with Crippen LogP contribution >= 0.6 is 0 Å². The van der Waals surface area contributed by atoms with E-state index in [9.17, 15) is 4.39 Å². The number of rotatable bonds is 3. The zero-order valence-electron chi connectivity index (χ0n) is 14.8. The van der Waals surface area contributed by atoms with E-state index in [1.807, 2.05) is 47.7 Å². The van der Waals surface area contributed by atoms with Gasteiger partial charge in [-0.05, 0) is 36.2 Å². The predicted molar refractivity (Wildman–Crippen MR) is 99.8 cm³/mol. The lowest BCUT2D eigenvalue weighted by atomic mass is 9.97. The Labute approximate surface area is 155 Å². The fourth-order valence-corrected chi connectivity index (χ4v) is 3.11. The Bertz CT molecular complexity index is 1190. The van der Waals surface area contributed by atoms with Crippen molar-refractivity contribution in [3.8, 4) is 34.2 Å². The van der Waals surface area contributed by atoms with E-state index in [0.717, 1.165) is 22.4 Å². The van der Waals surface area contributed by atoms with Crippen LogP contribution < -0.4 is 4.74 Å². The summed E-state index contributed by atoms with van der Waals surface area (Å²) in [5.41, 5.74) is 4.87. The molecule has 0 saturated carbocycles. The van der Waals surface area contributed by atoms with Crippen molar-refractivity contribution in [2.45, 2.75) is 6.92 Å². The summed E-state index contributed by atoms with van der Waals surface area (Å²) in [4.78, 5) is 0. The minimum atomic E-state index is -0.562. The summed E-state index contributed by atoms with van der Waals surface area (Å²) in [5.74, 6) is -0.0317. The highest BCUT2D eigenvalue weighted by Gasteiger charge is 2.18. The molecule has 6 heteroatoms. The second kappa shape index (κ2) is 6.54. The van der Waals surface area contributed by atoms with Crippen molar-refractivity contribution in [2.75, 3.05) is 7.11 Å². The van der Waals surface area contributed by atoms with Crippen LogP contribution in [0.4, 0.5) is 4.39 Å². The molecule has 0 saturated heterocycles. The Kier molecular flexibility index (Phi) is 4.05. The molecule has 0 atom stereocenters. The largest absolute Gasteiger partial charge is 0.493 e. The Morgan fingerprint density at radius 1 is 1.07 bits per heavy atom. The molecular weight excluding hydrogens is 343 g/mol. The molecule has 2 aromatic carbocycles. The van der Waals surface area contributed by atoms with Gasteiger partial charge in [-0.2, -0.15) is 5.26 Å². The van der Waals surface area contributed by atoms with Gasteiger partial charge in [0.25, 0.3) is 0 Å². The van der Waals surface area contributed by atoms with Gasteiger partial charge < -0.3 is 4.74 Å². The van der Waals surface area contributed by atoms with E-state index in [-0.39, 0.29) is 5.56 Å². The summed E-state index contributed by atoms with van der Waals surface area (Å²) in [6, 6.07) is 16.3. The molecule has 5 nitrogen and oxygen atoms in total. The lowest BCUT2D eigenvalue weighted by molar-refractivity contribution is 0.417. The Balaban J connectivity index is 2.07. The van der Waals surface area contributed by atoms with E-state index < -0.39 is 5.82 Å². The number of hydrogen-bond acceptors (Lipinski definition) is 4.